The molecule has 21 heavy (non-hydrogen) atoms. The summed E-state index contributed by atoms with van der Waals surface area (Å²) in [6, 6.07) is 1.73. The molecule has 2 rings (SSSR count). The normalized spacial score (nSPS) is 22.7. The van der Waals surface area contributed by atoms with Crippen molar-refractivity contribution in [2.24, 2.45) is 0 Å². The summed E-state index contributed by atoms with van der Waals surface area (Å²) in [5.74, 6) is -1.76. The molecule has 0 aromatic heterocycles. The summed E-state index contributed by atoms with van der Waals surface area (Å²) in [5, 5.41) is 8.98. The predicted molar refractivity (Wildman–Crippen MR) is 77.6 cm³/mol. The minimum absolute atomic E-state index is 0.00993. The lowest BCUT2D eigenvalue weighted by Gasteiger charge is -2.23. The molecular weight excluding hydrogens is 320 g/mol. The van der Waals surface area contributed by atoms with E-state index in [-0.39, 0.29) is 16.9 Å². The molecule has 1 unspecified atom stereocenters. The first kappa shape index (κ1) is 16.7. The van der Waals surface area contributed by atoms with Gasteiger partial charge in [0.05, 0.1) is 6.61 Å². The third kappa shape index (κ3) is 3.74. The van der Waals surface area contributed by atoms with Crippen molar-refractivity contribution in [2.75, 3.05) is 12.3 Å². The SMILES string of the molecule is CC1(CNS(=O)(=O)c2cc(CO)cc(F)c2F)CCCS1. The molecule has 1 saturated heterocycles. The van der Waals surface area contributed by atoms with Crippen molar-refractivity contribution in [1.82, 2.24) is 4.72 Å². The fourth-order valence-corrected chi connectivity index (χ4v) is 4.85. The zero-order chi connectivity index (χ0) is 15.7. The summed E-state index contributed by atoms with van der Waals surface area (Å²) >= 11 is 1.66. The van der Waals surface area contributed by atoms with Crippen molar-refractivity contribution in [1.29, 1.82) is 0 Å². The number of hydrogen-bond acceptors (Lipinski definition) is 4. The molecule has 1 atom stereocenters. The van der Waals surface area contributed by atoms with Crippen LogP contribution in [0.5, 0.6) is 0 Å². The van der Waals surface area contributed by atoms with Gasteiger partial charge in [0.15, 0.2) is 11.6 Å². The molecule has 118 valence electrons. The van der Waals surface area contributed by atoms with E-state index in [0.717, 1.165) is 30.7 Å². The molecule has 1 aliphatic heterocycles. The highest BCUT2D eigenvalue weighted by molar-refractivity contribution is 8.01. The van der Waals surface area contributed by atoms with Gasteiger partial charge in [0.1, 0.15) is 4.90 Å². The Balaban J connectivity index is 2.25. The van der Waals surface area contributed by atoms with Gasteiger partial charge >= 0.3 is 0 Å². The Kier molecular flexibility index (Phi) is 4.92. The summed E-state index contributed by atoms with van der Waals surface area (Å²) in [7, 11) is -4.16. The number of thioether (sulfide) groups is 1. The van der Waals surface area contributed by atoms with Gasteiger partial charge in [-0.05, 0) is 43.2 Å². The van der Waals surface area contributed by atoms with Crippen LogP contribution in [0.25, 0.3) is 0 Å². The van der Waals surface area contributed by atoms with E-state index in [1.165, 1.54) is 0 Å². The Labute approximate surface area is 127 Å². The standard InChI is InChI=1S/C13H17F2NO3S2/c1-13(3-2-4-20-13)8-16-21(18,19)11-6-9(7-17)5-10(14)12(11)15/h5-6,16-17H,2-4,7-8H2,1H3. The van der Waals surface area contributed by atoms with Crippen molar-refractivity contribution < 1.29 is 22.3 Å². The molecule has 2 N–H and O–H groups in total. The lowest BCUT2D eigenvalue weighted by molar-refractivity contribution is 0.280. The van der Waals surface area contributed by atoms with Gasteiger partial charge in [0.2, 0.25) is 10.0 Å². The second kappa shape index (κ2) is 6.20. The van der Waals surface area contributed by atoms with E-state index in [1.54, 1.807) is 11.8 Å². The van der Waals surface area contributed by atoms with E-state index < -0.39 is 33.2 Å². The minimum atomic E-state index is -4.16. The zero-order valence-corrected chi connectivity index (χ0v) is 13.2. The Bertz CT molecular complexity index is 629. The highest BCUT2D eigenvalue weighted by atomic mass is 32.2. The van der Waals surface area contributed by atoms with Crippen LogP contribution in [-0.2, 0) is 16.6 Å². The van der Waals surface area contributed by atoms with E-state index in [4.69, 9.17) is 5.11 Å². The zero-order valence-electron chi connectivity index (χ0n) is 11.5. The number of aliphatic hydroxyl groups is 1. The van der Waals surface area contributed by atoms with E-state index >= 15 is 0 Å². The Hall–Kier alpha value is -0.700. The Morgan fingerprint density at radius 2 is 2.14 bits per heavy atom. The number of nitrogens with one attached hydrogen (secondary N) is 1. The summed E-state index contributed by atoms with van der Waals surface area (Å²) in [4.78, 5) is -0.766. The molecule has 0 spiro atoms. The van der Waals surface area contributed by atoms with Crippen LogP contribution in [0, 0.1) is 11.6 Å². The lowest BCUT2D eigenvalue weighted by Crippen LogP contribution is -2.37. The number of rotatable bonds is 5. The van der Waals surface area contributed by atoms with Crippen molar-refractivity contribution in [3.63, 3.8) is 0 Å². The summed E-state index contributed by atoms with van der Waals surface area (Å²) in [6.07, 6.45) is 1.87. The van der Waals surface area contributed by atoms with Gasteiger partial charge in [-0.3, -0.25) is 0 Å². The molecule has 0 aliphatic carbocycles. The van der Waals surface area contributed by atoms with E-state index in [1.807, 2.05) is 6.92 Å². The maximum Gasteiger partial charge on any atom is 0.243 e. The van der Waals surface area contributed by atoms with Gasteiger partial charge in [-0.15, -0.1) is 0 Å². The minimum Gasteiger partial charge on any atom is -0.392 e. The second-order valence-corrected chi connectivity index (χ2v) is 8.69. The average Bonchev–Trinajstić information content (AvgIpc) is 2.87. The third-order valence-corrected chi connectivity index (χ3v) is 6.40. The summed E-state index contributed by atoms with van der Waals surface area (Å²) in [6.45, 7) is 1.53. The topological polar surface area (TPSA) is 66.4 Å². The van der Waals surface area contributed by atoms with Crippen LogP contribution < -0.4 is 4.72 Å². The van der Waals surface area contributed by atoms with Crippen LogP contribution in [0.3, 0.4) is 0 Å². The molecule has 1 heterocycles. The Morgan fingerprint density at radius 3 is 2.71 bits per heavy atom. The molecular formula is C13H17F2NO3S2. The van der Waals surface area contributed by atoms with E-state index in [9.17, 15) is 17.2 Å². The first-order valence-corrected chi connectivity index (χ1v) is 8.97. The summed E-state index contributed by atoms with van der Waals surface area (Å²) < 4.78 is 53.6. The smallest absolute Gasteiger partial charge is 0.243 e. The molecule has 0 bridgehead atoms. The fraction of sp³-hybridized carbons (Fsp3) is 0.538. The number of halogens is 2. The first-order chi connectivity index (χ1) is 9.77. The second-order valence-electron chi connectivity index (χ2n) is 5.27. The Morgan fingerprint density at radius 1 is 1.43 bits per heavy atom. The molecule has 4 nitrogen and oxygen atoms in total. The van der Waals surface area contributed by atoms with Crippen molar-refractivity contribution >= 4 is 21.8 Å². The van der Waals surface area contributed by atoms with Gasteiger partial charge in [0, 0.05) is 11.3 Å². The maximum atomic E-state index is 13.7. The number of hydrogen-bond donors (Lipinski definition) is 2. The lowest BCUT2D eigenvalue weighted by atomic mass is 10.1. The monoisotopic (exact) mass is 337 g/mol. The number of benzene rings is 1. The molecule has 8 heteroatoms. The van der Waals surface area contributed by atoms with Gasteiger partial charge in [-0.25, -0.2) is 21.9 Å². The molecule has 1 aromatic carbocycles. The fourth-order valence-electron chi connectivity index (χ4n) is 2.21. The van der Waals surface area contributed by atoms with Crippen LogP contribution in [0.2, 0.25) is 0 Å². The highest BCUT2D eigenvalue weighted by Crippen LogP contribution is 2.37. The van der Waals surface area contributed by atoms with Gasteiger partial charge in [-0.2, -0.15) is 11.8 Å². The molecule has 0 amide bonds. The van der Waals surface area contributed by atoms with Crippen LogP contribution in [0.4, 0.5) is 8.78 Å². The number of sulfonamides is 1. The van der Waals surface area contributed by atoms with Gasteiger partial charge in [-0.1, -0.05) is 0 Å². The van der Waals surface area contributed by atoms with Crippen LogP contribution in [-0.4, -0.2) is 30.6 Å². The maximum absolute atomic E-state index is 13.7. The van der Waals surface area contributed by atoms with Crippen LogP contribution in [0.1, 0.15) is 25.3 Å². The molecule has 1 aromatic rings. The van der Waals surface area contributed by atoms with Crippen molar-refractivity contribution in [3.05, 3.63) is 29.3 Å². The third-order valence-electron chi connectivity index (χ3n) is 3.46. The van der Waals surface area contributed by atoms with E-state index in [0.29, 0.717) is 0 Å². The van der Waals surface area contributed by atoms with Crippen LogP contribution in [0.15, 0.2) is 17.0 Å². The average molecular weight is 337 g/mol. The molecule has 1 aliphatic rings. The molecule has 0 radical (unpaired) electrons. The molecule has 1 fully saturated rings. The highest BCUT2D eigenvalue weighted by Gasteiger charge is 2.32. The van der Waals surface area contributed by atoms with Crippen molar-refractivity contribution in [2.45, 2.75) is 36.0 Å². The van der Waals surface area contributed by atoms with Crippen molar-refractivity contribution in [3.8, 4) is 0 Å². The summed E-state index contributed by atoms with van der Waals surface area (Å²) in [5.41, 5.74) is 0.00993. The first-order valence-electron chi connectivity index (χ1n) is 6.50. The van der Waals surface area contributed by atoms with E-state index in [2.05, 4.69) is 4.72 Å². The number of aliphatic hydroxyl groups excluding tert-OH is 1. The van der Waals surface area contributed by atoms with Gasteiger partial charge < -0.3 is 5.11 Å². The molecule has 0 saturated carbocycles. The quantitative estimate of drug-likeness (QED) is 0.863. The largest absolute Gasteiger partial charge is 0.392 e. The predicted octanol–water partition coefficient (Wildman–Crippen LogP) is 2.02. The van der Waals surface area contributed by atoms with Gasteiger partial charge in [0.25, 0.3) is 0 Å². The van der Waals surface area contributed by atoms with Crippen LogP contribution >= 0.6 is 11.8 Å².